The summed E-state index contributed by atoms with van der Waals surface area (Å²) in [6.45, 7) is 1.79. The lowest BCUT2D eigenvalue weighted by atomic mass is 9.96. The minimum absolute atomic E-state index is 0.246. The predicted molar refractivity (Wildman–Crippen MR) is 147 cm³/mol. The number of Topliss-reactive ketones (excluding diaryl/α,β-unsaturated/α-hetero) is 1. The van der Waals surface area contributed by atoms with Crippen molar-refractivity contribution in [3.8, 4) is 5.75 Å². The van der Waals surface area contributed by atoms with E-state index < -0.39 is 23.1 Å². The first-order valence-corrected chi connectivity index (χ1v) is 12.2. The minimum Gasteiger partial charge on any atom is -0.506 e. The lowest BCUT2D eigenvalue weighted by Crippen LogP contribution is -2.35. The van der Waals surface area contributed by atoms with Crippen molar-refractivity contribution in [3.05, 3.63) is 116 Å². The van der Waals surface area contributed by atoms with Crippen LogP contribution in [0.1, 0.15) is 21.5 Å². The van der Waals surface area contributed by atoms with E-state index in [1.54, 1.807) is 31.2 Å². The van der Waals surface area contributed by atoms with Gasteiger partial charge in [0.05, 0.1) is 22.0 Å². The number of nitrogens with one attached hydrogen (secondary N) is 2. The topological polar surface area (TPSA) is 82.2 Å². The van der Waals surface area contributed by atoms with Crippen molar-refractivity contribution in [2.45, 2.75) is 19.4 Å². The molecule has 1 atom stereocenters. The van der Waals surface area contributed by atoms with Gasteiger partial charge in [0.25, 0.3) is 5.56 Å². The van der Waals surface area contributed by atoms with Crippen molar-refractivity contribution < 1.29 is 9.90 Å². The average Bonchev–Trinajstić information content (AvgIpc) is 2.87. The molecule has 5 nitrogen and oxygen atoms in total. The third-order valence-corrected chi connectivity index (χ3v) is 7.03. The van der Waals surface area contributed by atoms with E-state index in [-0.39, 0.29) is 22.4 Å². The summed E-state index contributed by atoms with van der Waals surface area (Å²) < 4.78 is 0. The first kappa shape index (κ1) is 23.9. The Morgan fingerprint density at radius 3 is 2.44 bits per heavy atom. The van der Waals surface area contributed by atoms with Crippen molar-refractivity contribution in [2.24, 2.45) is 0 Å². The predicted octanol–water partition coefficient (Wildman–Crippen LogP) is 6.91. The molecule has 0 saturated heterocycles. The van der Waals surface area contributed by atoms with E-state index >= 15 is 0 Å². The normalized spacial score (nSPS) is 12.1. The second-order valence-corrected chi connectivity index (χ2v) is 9.56. The van der Waals surface area contributed by atoms with Gasteiger partial charge in [0, 0.05) is 17.1 Å². The number of fused-ring (bicyclic) bond motifs is 2. The highest BCUT2D eigenvalue weighted by molar-refractivity contribution is 6.37. The largest absolute Gasteiger partial charge is 0.506 e. The van der Waals surface area contributed by atoms with Gasteiger partial charge in [-0.25, -0.2) is 0 Å². The van der Waals surface area contributed by atoms with E-state index in [4.69, 9.17) is 23.2 Å². The standard InChI is InChI=1S/C29H22Cl2N2O3/c1-16-6-13-22-24(26(16)31)28(35)25(29(36)33-22)27(34)23(14-17-7-10-20(30)11-8-17)32-21-12-9-18-4-2-3-5-19(18)15-21/h2-13,15,23,32H,14H2,1H3,(H2,33,35,36). The molecule has 180 valence electrons. The number of aromatic hydroxyl groups is 1. The number of aromatic nitrogens is 1. The Kier molecular flexibility index (Phi) is 6.44. The third-order valence-electron chi connectivity index (χ3n) is 6.29. The van der Waals surface area contributed by atoms with Gasteiger partial charge >= 0.3 is 0 Å². The first-order chi connectivity index (χ1) is 17.3. The Hall–Kier alpha value is -3.80. The maximum atomic E-state index is 13.9. The van der Waals surface area contributed by atoms with Crippen LogP contribution in [0.5, 0.6) is 5.75 Å². The highest BCUT2D eigenvalue weighted by Crippen LogP contribution is 2.34. The number of halogens is 2. The zero-order valence-electron chi connectivity index (χ0n) is 19.3. The summed E-state index contributed by atoms with van der Waals surface area (Å²) in [4.78, 5) is 29.5. The van der Waals surface area contributed by atoms with Gasteiger partial charge in [0.1, 0.15) is 11.3 Å². The number of aromatic amines is 1. The molecule has 0 bridgehead atoms. The molecule has 7 heteroatoms. The third kappa shape index (κ3) is 4.55. The van der Waals surface area contributed by atoms with E-state index in [2.05, 4.69) is 10.3 Å². The fraction of sp³-hybridized carbons (Fsp3) is 0.103. The Labute approximate surface area is 217 Å². The SMILES string of the molecule is Cc1ccc2[nH]c(=O)c(C(=O)C(Cc3ccc(Cl)cc3)Nc3ccc4ccccc4c3)c(O)c2c1Cl. The van der Waals surface area contributed by atoms with Crippen LogP contribution in [-0.2, 0) is 6.42 Å². The number of rotatable bonds is 6. The first-order valence-electron chi connectivity index (χ1n) is 11.4. The van der Waals surface area contributed by atoms with Crippen LogP contribution in [0.15, 0.2) is 83.7 Å². The molecule has 3 N–H and O–H groups in total. The molecule has 0 radical (unpaired) electrons. The fourth-order valence-corrected chi connectivity index (χ4v) is 4.76. The van der Waals surface area contributed by atoms with Gasteiger partial charge in [-0.05, 0) is 59.2 Å². The number of benzene rings is 4. The number of H-pyrrole nitrogens is 1. The molecule has 36 heavy (non-hydrogen) atoms. The summed E-state index contributed by atoms with van der Waals surface area (Å²) in [7, 11) is 0. The maximum Gasteiger partial charge on any atom is 0.263 e. The number of hydrogen-bond donors (Lipinski definition) is 3. The number of hydrogen-bond acceptors (Lipinski definition) is 4. The van der Waals surface area contributed by atoms with Crippen LogP contribution < -0.4 is 10.9 Å². The highest BCUT2D eigenvalue weighted by atomic mass is 35.5. The maximum absolute atomic E-state index is 13.9. The van der Waals surface area contributed by atoms with Crippen molar-refractivity contribution in [1.82, 2.24) is 4.98 Å². The highest BCUT2D eigenvalue weighted by Gasteiger charge is 2.28. The molecule has 5 rings (SSSR count). The van der Waals surface area contributed by atoms with Gasteiger partial charge in [0.2, 0.25) is 0 Å². The molecule has 1 aromatic heterocycles. The van der Waals surface area contributed by atoms with E-state index in [0.29, 0.717) is 16.2 Å². The fourth-order valence-electron chi connectivity index (χ4n) is 4.38. The second kappa shape index (κ2) is 9.69. The lowest BCUT2D eigenvalue weighted by Gasteiger charge is -2.20. The molecule has 0 saturated carbocycles. The molecule has 0 spiro atoms. The van der Waals surface area contributed by atoms with Crippen molar-refractivity contribution >= 4 is 56.3 Å². The Morgan fingerprint density at radius 1 is 0.972 bits per heavy atom. The summed E-state index contributed by atoms with van der Waals surface area (Å²) in [6.07, 6.45) is 0.265. The van der Waals surface area contributed by atoms with Gasteiger partial charge < -0.3 is 15.4 Å². The molecule has 5 aromatic rings. The van der Waals surface area contributed by atoms with Crippen LogP contribution in [0.3, 0.4) is 0 Å². The van der Waals surface area contributed by atoms with Crippen LogP contribution in [0.2, 0.25) is 10.0 Å². The quantitative estimate of drug-likeness (QED) is 0.214. The molecule has 0 fully saturated rings. The van der Waals surface area contributed by atoms with Crippen molar-refractivity contribution in [3.63, 3.8) is 0 Å². The van der Waals surface area contributed by atoms with E-state index in [1.165, 1.54) is 0 Å². The van der Waals surface area contributed by atoms with Crippen LogP contribution >= 0.6 is 23.2 Å². The van der Waals surface area contributed by atoms with E-state index in [1.807, 2.05) is 54.6 Å². The monoisotopic (exact) mass is 516 g/mol. The Balaban J connectivity index is 1.60. The molecule has 1 heterocycles. The van der Waals surface area contributed by atoms with Crippen LogP contribution in [-0.4, -0.2) is 21.9 Å². The Morgan fingerprint density at radius 2 is 1.69 bits per heavy atom. The van der Waals surface area contributed by atoms with Crippen LogP contribution in [0, 0.1) is 6.92 Å². The summed E-state index contributed by atoms with van der Waals surface area (Å²) in [5.41, 5.74) is 1.63. The lowest BCUT2D eigenvalue weighted by molar-refractivity contribution is 0.0965. The number of ketones is 1. The number of aryl methyl sites for hydroxylation is 1. The zero-order valence-corrected chi connectivity index (χ0v) is 20.8. The molecule has 0 aliphatic rings. The van der Waals surface area contributed by atoms with Gasteiger partial charge in [0.15, 0.2) is 5.78 Å². The Bertz CT molecular complexity index is 1680. The summed E-state index contributed by atoms with van der Waals surface area (Å²) in [5, 5.41) is 17.6. The van der Waals surface area contributed by atoms with Crippen LogP contribution in [0.4, 0.5) is 5.69 Å². The molecule has 0 amide bonds. The molecular weight excluding hydrogens is 495 g/mol. The minimum atomic E-state index is -0.847. The molecule has 4 aromatic carbocycles. The van der Waals surface area contributed by atoms with Crippen LogP contribution in [0.25, 0.3) is 21.7 Å². The zero-order chi connectivity index (χ0) is 25.4. The van der Waals surface area contributed by atoms with Gasteiger partial charge in [-0.1, -0.05) is 71.7 Å². The smallest absolute Gasteiger partial charge is 0.263 e. The summed E-state index contributed by atoms with van der Waals surface area (Å²) in [5.74, 6) is -0.967. The van der Waals surface area contributed by atoms with Gasteiger partial charge in [-0.15, -0.1) is 0 Å². The number of anilines is 1. The number of carbonyl (C=O) groups is 1. The van der Waals surface area contributed by atoms with Gasteiger partial charge in [-0.3, -0.25) is 9.59 Å². The van der Waals surface area contributed by atoms with E-state index in [0.717, 1.165) is 21.9 Å². The van der Waals surface area contributed by atoms with Gasteiger partial charge in [-0.2, -0.15) is 0 Å². The molecular formula is C29H22Cl2N2O3. The van der Waals surface area contributed by atoms with Crippen molar-refractivity contribution in [2.75, 3.05) is 5.32 Å². The second-order valence-electron chi connectivity index (χ2n) is 8.75. The summed E-state index contributed by atoms with van der Waals surface area (Å²) in [6, 6.07) is 23.4. The van der Waals surface area contributed by atoms with E-state index in [9.17, 15) is 14.7 Å². The van der Waals surface area contributed by atoms with Crippen molar-refractivity contribution in [1.29, 1.82) is 0 Å². The number of carbonyl (C=O) groups excluding carboxylic acids is 1. The average molecular weight is 517 g/mol. The molecule has 0 aliphatic heterocycles. The summed E-state index contributed by atoms with van der Waals surface area (Å²) >= 11 is 12.5. The number of pyridine rings is 1. The molecule has 0 aliphatic carbocycles. The molecule has 1 unspecified atom stereocenters.